The van der Waals surface area contributed by atoms with Gasteiger partial charge in [-0.1, -0.05) is 53.5 Å². The van der Waals surface area contributed by atoms with Crippen LogP contribution in [0.25, 0.3) is 0 Å². The highest BCUT2D eigenvalue weighted by Gasteiger charge is 2.63. The molecule has 0 aromatic rings. The molecule has 4 unspecified atom stereocenters. The van der Waals surface area contributed by atoms with Crippen LogP contribution in [-0.2, 0) is 4.79 Å². The second kappa shape index (κ2) is 7.41. The van der Waals surface area contributed by atoms with E-state index in [9.17, 15) is 9.90 Å². The van der Waals surface area contributed by atoms with E-state index in [1.54, 1.807) is 0 Å². The Kier molecular flexibility index (Phi) is 5.54. The van der Waals surface area contributed by atoms with Gasteiger partial charge in [-0.3, -0.25) is 4.79 Å². The number of allylic oxidation sites excluding steroid dienone is 2. The van der Waals surface area contributed by atoms with E-state index in [-0.39, 0.29) is 10.8 Å². The van der Waals surface area contributed by atoms with Crippen LogP contribution in [0.5, 0.6) is 0 Å². The van der Waals surface area contributed by atoms with E-state index >= 15 is 0 Å². The van der Waals surface area contributed by atoms with Gasteiger partial charge in [0.1, 0.15) is 11.4 Å². The third-order valence-corrected chi connectivity index (χ3v) is 9.94. The molecule has 0 aliphatic heterocycles. The van der Waals surface area contributed by atoms with Gasteiger partial charge >= 0.3 is 0 Å². The first-order chi connectivity index (χ1) is 13.2. The van der Waals surface area contributed by atoms with Crippen molar-refractivity contribution in [2.75, 3.05) is 4.43 Å². The summed E-state index contributed by atoms with van der Waals surface area (Å²) < 4.78 is 1.13. The maximum atomic E-state index is 12.1. The lowest BCUT2D eigenvalue weighted by atomic mass is 9.46. The van der Waals surface area contributed by atoms with Gasteiger partial charge in [-0.2, -0.15) is 0 Å². The number of hydrogen-bond donors (Lipinski definition) is 1. The Morgan fingerprint density at radius 1 is 1.18 bits per heavy atom. The summed E-state index contributed by atoms with van der Waals surface area (Å²) in [4.78, 5) is 12.1. The number of ketones is 1. The van der Waals surface area contributed by atoms with Crippen LogP contribution in [0.3, 0.4) is 0 Å². The van der Waals surface area contributed by atoms with Crippen molar-refractivity contribution < 1.29 is 9.90 Å². The zero-order valence-electron chi connectivity index (χ0n) is 17.7. The lowest BCUT2D eigenvalue weighted by Crippen LogP contribution is -2.54. The second-order valence-electron chi connectivity index (χ2n) is 10.4. The molecule has 1 N–H and O–H groups in total. The molecular formula is C25H35IO2. The van der Waals surface area contributed by atoms with Gasteiger partial charge in [0, 0.05) is 29.1 Å². The first-order valence-electron chi connectivity index (χ1n) is 11.2. The SMILES string of the molecule is CC1=C2CC(=O)CC[C@]2(C)C2CC[C@@]3(C)C(CCC3(O)C#CCCCI)C2C1. The Morgan fingerprint density at radius 2 is 1.93 bits per heavy atom. The number of aliphatic hydroxyl groups is 1. The largest absolute Gasteiger partial charge is 0.377 e. The number of alkyl halides is 1. The third kappa shape index (κ3) is 3.04. The molecule has 0 saturated heterocycles. The summed E-state index contributed by atoms with van der Waals surface area (Å²) in [6.45, 7) is 7.05. The van der Waals surface area contributed by atoms with Gasteiger partial charge in [0.2, 0.25) is 0 Å². The standard InChI is InChI=1S/C25H35IO2/c1-17-15-19-20(23(2)11-7-18(27)16-22(17)23)8-12-24(3)21(19)9-13-25(24,28)10-5-4-6-14-26/h19-21,28H,4,6-9,11-16H2,1-3H3/t19?,20?,21?,23-,24+,25?/m1/s1. The number of fused-ring (bicyclic) bond motifs is 5. The first-order valence-corrected chi connectivity index (χ1v) is 12.8. The van der Waals surface area contributed by atoms with Crippen molar-refractivity contribution in [3.05, 3.63) is 11.1 Å². The summed E-state index contributed by atoms with van der Waals surface area (Å²) in [5.74, 6) is 8.98. The molecule has 2 nitrogen and oxygen atoms in total. The van der Waals surface area contributed by atoms with Gasteiger partial charge in [-0.05, 0) is 75.0 Å². The number of hydrogen-bond acceptors (Lipinski definition) is 2. The molecule has 0 spiro atoms. The Bertz CT molecular complexity index is 758. The van der Waals surface area contributed by atoms with Crippen molar-refractivity contribution in [3.8, 4) is 11.8 Å². The van der Waals surface area contributed by atoms with Crippen molar-refractivity contribution in [1.29, 1.82) is 0 Å². The molecule has 3 fully saturated rings. The molecule has 0 radical (unpaired) electrons. The Hall–Kier alpha value is -0.340. The average Bonchev–Trinajstić information content (AvgIpc) is 2.92. The fourth-order valence-corrected chi connectivity index (χ4v) is 7.89. The number of rotatable bonds is 2. The predicted molar refractivity (Wildman–Crippen MR) is 122 cm³/mol. The summed E-state index contributed by atoms with van der Waals surface area (Å²) in [5, 5.41) is 11.6. The van der Waals surface area contributed by atoms with Gasteiger partial charge in [0.05, 0.1) is 0 Å². The van der Waals surface area contributed by atoms with E-state index in [0.717, 1.165) is 55.8 Å². The summed E-state index contributed by atoms with van der Waals surface area (Å²) in [6, 6.07) is 0. The first kappa shape index (κ1) is 20.9. The minimum absolute atomic E-state index is 0.0792. The Morgan fingerprint density at radius 3 is 2.68 bits per heavy atom. The van der Waals surface area contributed by atoms with Crippen LogP contribution in [0.1, 0.15) is 85.0 Å². The van der Waals surface area contributed by atoms with Crippen LogP contribution >= 0.6 is 22.6 Å². The molecule has 28 heavy (non-hydrogen) atoms. The molecule has 0 heterocycles. The number of carbonyl (C=O) groups is 1. The fraction of sp³-hybridized carbons (Fsp3) is 0.800. The summed E-state index contributed by atoms with van der Waals surface area (Å²) >= 11 is 2.40. The molecule has 3 heteroatoms. The molecule has 4 aliphatic carbocycles. The molecular weight excluding hydrogens is 459 g/mol. The maximum Gasteiger partial charge on any atom is 0.136 e. The van der Waals surface area contributed by atoms with Gasteiger partial charge < -0.3 is 5.11 Å². The van der Waals surface area contributed by atoms with Crippen LogP contribution in [0, 0.1) is 40.4 Å². The van der Waals surface area contributed by atoms with E-state index in [0.29, 0.717) is 30.0 Å². The average molecular weight is 494 g/mol. The van der Waals surface area contributed by atoms with Gasteiger partial charge in [0.25, 0.3) is 0 Å². The molecule has 0 bridgehead atoms. The van der Waals surface area contributed by atoms with E-state index in [1.807, 2.05) is 0 Å². The van der Waals surface area contributed by atoms with Crippen LogP contribution in [0.15, 0.2) is 11.1 Å². The van der Waals surface area contributed by atoms with E-state index in [2.05, 4.69) is 55.2 Å². The lowest BCUT2D eigenvalue weighted by molar-refractivity contribution is -0.124. The summed E-state index contributed by atoms with van der Waals surface area (Å²) in [6.07, 6.45) is 9.80. The van der Waals surface area contributed by atoms with E-state index in [1.165, 1.54) is 17.6 Å². The van der Waals surface area contributed by atoms with Crippen LogP contribution < -0.4 is 0 Å². The van der Waals surface area contributed by atoms with Gasteiger partial charge in [-0.25, -0.2) is 0 Å². The highest BCUT2D eigenvalue weighted by molar-refractivity contribution is 14.1. The van der Waals surface area contributed by atoms with Crippen LogP contribution in [-0.4, -0.2) is 20.9 Å². The topological polar surface area (TPSA) is 37.3 Å². The van der Waals surface area contributed by atoms with Crippen molar-refractivity contribution >= 4 is 28.4 Å². The molecule has 6 atom stereocenters. The van der Waals surface area contributed by atoms with Crippen LogP contribution in [0.2, 0.25) is 0 Å². The number of halogens is 1. The lowest BCUT2D eigenvalue weighted by Gasteiger charge is -2.58. The summed E-state index contributed by atoms with van der Waals surface area (Å²) in [5.41, 5.74) is 2.26. The number of carbonyl (C=O) groups excluding carboxylic acids is 1. The highest BCUT2D eigenvalue weighted by atomic mass is 127. The molecule has 0 aromatic heterocycles. The molecule has 4 aliphatic rings. The van der Waals surface area contributed by atoms with Gasteiger partial charge in [0.15, 0.2) is 0 Å². The highest BCUT2D eigenvalue weighted by Crippen LogP contribution is 2.67. The quantitative estimate of drug-likeness (QED) is 0.172. The second-order valence-corrected chi connectivity index (χ2v) is 11.5. The fourth-order valence-electron chi connectivity index (χ4n) is 7.51. The third-order valence-electron chi connectivity index (χ3n) is 9.18. The number of Topliss-reactive ketones (excluding diaryl/α,β-unsaturated/α-hetero) is 1. The summed E-state index contributed by atoms with van der Waals surface area (Å²) in [7, 11) is 0. The van der Waals surface area contributed by atoms with E-state index < -0.39 is 5.60 Å². The zero-order chi connectivity index (χ0) is 20.2. The smallest absolute Gasteiger partial charge is 0.136 e. The molecule has 4 rings (SSSR count). The van der Waals surface area contributed by atoms with Gasteiger partial charge in [-0.15, -0.1) is 5.92 Å². The molecule has 0 amide bonds. The predicted octanol–water partition coefficient (Wildman–Crippen LogP) is 5.86. The zero-order valence-corrected chi connectivity index (χ0v) is 19.9. The molecule has 154 valence electrons. The monoisotopic (exact) mass is 494 g/mol. The minimum Gasteiger partial charge on any atom is -0.377 e. The van der Waals surface area contributed by atoms with Crippen molar-refractivity contribution in [1.82, 2.24) is 0 Å². The Labute approximate surface area is 184 Å². The van der Waals surface area contributed by atoms with Crippen molar-refractivity contribution in [3.63, 3.8) is 0 Å². The normalized spacial score (nSPS) is 45.0. The molecule has 3 saturated carbocycles. The molecule has 0 aromatic carbocycles. The van der Waals surface area contributed by atoms with Crippen molar-refractivity contribution in [2.45, 2.75) is 90.6 Å². The maximum absolute atomic E-state index is 12.1. The Balaban J connectivity index is 1.64. The van der Waals surface area contributed by atoms with Crippen molar-refractivity contribution in [2.24, 2.45) is 28.6 Å². The number of unbranched alkanes of at least 4 members (excludes halogenated alkanes) is 1. The van der Waals surface area contributed by atoms with Crippen LogP contribution in [0.4, 0.5) is 0 Å². The minimum atomic E-state index is -0.810. The van der Waals surface area contributed by atoms with E-state index in [4.69, 9.17) is 0 Å².